The first kappa shape index (κ1) is 19.4. The second-order valence-corrected chi connectivity index (χ2v) is 6.53. The van der Waals surface area contributed by atoms with Gasteiger partial charge in [0.25, 0.3) is 5.91 Å². The summed E-state index contributed by atoms with van der Waals surface area (Å²) < 4.78 is 26.4. The molecule has 28 heavy (non-hydrogen) atoms. The van der Waals surface area contributed by atoms with E-state index in [9.17, 15) is 18.4 Å². The van der Waals surface area contributed by atoms with Gasteiger partial charge in [0.1, 0.15) is 16.7 Å². The molecule has 0 aliphatic heterocycles. The van der Waals surface area contributed by atoms with Crippen molar-refractivity contribution in [1.29, 1.82) is 0 Å². The van der Waals surface area contributed by atoms with Crippen LogP contribution in [0.4, 0.5) is 20.3 Å². The van der Waals surface area contributed by atoms with Crippen molar-refractivity contribution in [2.75, 3.05) is 16.4 Å². The first-order valence-electron chi connectivity index (χ1n) is 8.09. The first-order chi connectivity index (χ1) is 13.5. The maximum Gasteiger partial charge on any atom is 0.256 e. The Hall–Kier alpha value is -3.33. The standard InChI is InChI=1S/C19H14F2N4O2S/c20-13-6-7-15(14(21)10-13)22-17(26)11-28-18-9-8-16(24-25-18)23-19(27)12-4-2-1-3-5-12/h1-10H,11H2,(H,22,26)(H,23,24,27). The molecule has 1 aromatic heterocycles. The number of aromatic nitrogens is 2. The van der Waals surface area contributed by atoms with E-state index in [1.165, 1.54) is 0 Å². The summed E-state index contributed by atoms with van der Waals surface area (Å²) in [6.07, 6.45) is 0. The lowest BCUT2D eigenvalue weighted by Crippen LogP contribution is -2.15. The molecule has 0 fully saturated rings. The number of hydrogen-bond donors (Lipinski definition) is 2. The summed E-state index contributed by atoms with van der Waals surface area (Å²) in [5, 5.41) is 13.3. The predicted molar refractivity (Wildman–Crippen MR) is 102 cm³/mol. The summed E-state index contributed by atoms with van der Waals surface area (Å²) >= 11 is 1.09. The molecule has 142 valence electrons. The van der Waals surface area contributed by atoms with Crippen LogP contribution in [0.25, 0.3) is 0 Å². The Morgan fingerprint density at radius 2 is 1.71 bits per heavy atom. The van der Waals surface area contributed by atoms with Gasteiger partial charge in [0.05, 0.1) is 11.4 Å². The monoisotopic (exact) mass is 400 g/mol. The van der Waals surface area contributed by atoms with Crippen LogP contribution in [-0.2, 0) is 4.79 Å². The summed E-state index contributed by atoms with van der Waals surface area (Å²) in [7, 11) is 0. The van der Waals surface area contributed by atoms with E-state index >= 15 is 0 Å². The van der Waals surface area contributed by atoms with E-state index in [0.29, 0.717) is 16.7 Å². The van der Waals surface area contributed by atoms with Gasteiger partial charge in [-0.05, 0) is 36.4 Å². The van der Waals surface area contributed by atoms with Crippen molar-refractivity contribution in [1.82, 2.24) is 10.2 Å². The number of halogens is 2. The fourth-order valence-corrected chi connectivity index (χ4v) is 2.77. The molecule has 1 heterocycles. The minimum atomic E-state index is -0.850. The number of rotatable bonds is 6. The topological polar surface area (TPSA) is 84.0 Å². The molecule has 0 atom stereocenters. The van der Waals surface area contributed by atoms with E-state index in [0.717, 1.165) is 23.9 Å². The van der Waals surface area contributed by atoms with Crippen molar-refractivity contribution in [3.05, 3.63) is 77.9 Å². The molecule has 6 nitrogen and oxygen atoms in total. The van der Waals surface area contributed by atoms with E-state index in [-0.39, 0.29) is 23.2 Å². The molecule has 0 unspecified atom stereocenters. The lowest BCUT2D eigenvalue weighted by atomic mass is 10.2. The Labute approximate surface area is 163 Å². The maximum absolute atomic E-state index is 13.5. The molecule has 2 aromatic carbocycles. The number of benzene rings is 2. The van der Waals surface area contributed by atoms with Gasteiger partial charge in [0.15, 0.2) is 5.82 Å². The fourth-order valence-electron chi connectivity index (χ4n) is 2.16. The van der Waals surface area contributed by atoms with Crippen molar-refractivity contribution < 1.29 is 18.4 Å². The highest BCUT2D eigenvalue weighted by atomic mass is 32.2. The Morgan fingerprint density at radius 3 is 2.39 bits per heavy atom. The van der Waals surface area contributed by atoms with Gasteiger partial charge in [-0.15, -0.1) is 10.2 Å². The molecule has 0 saturated carbocycles. The average molecular weight is 400 g/mol. The highest BCUT2D eigenvalue weighted by Crippen LogP contribution is 2.18. The fraction of sp³-hybridized carbons (Fsp3) is 0.0526. The van der Waals surface area contributed by atoms with Gasteiger partial charge < -0.3 is 10.6 Å². The van der Waals surface area contributed by atoms with Gasteiger partial charge in [0.2, 0.25) is 5.91 Å². The van der Waals surface area contributed by atoms with Crippen LogP contribution in [0.1, 0.15) is 10.4 Å². The zero-order chi connectivity index (χ0) is 19.9. The summed E-state index contributed by atoms with van der Waals surface area (Å²) in [4.78, 5) is 23.9. The molecule has 3 aromatic rings. The second-order valence-electron chi connectivity index (χ2n) is 5.54. The molecule has 0 aliphatic carbocycles. The van der Waals surface area contributed by atoms with Crippen molar-refractivity contribution in [3.8, 4) is 0 Å². The van der Waals surface area contributed by atoms with E-state index in [2.05, 4.69) is 20.8 Å². The van der Waals surface area contributed by atoms with E-state index in [4.69, 9.17) is 0 Å². The van der Waals surface area contributed by atoms with Crippen LogP contribution >= 0.6 is 11.8 Å². The molecule has 9 heteroatoms. The van der Waals surface area contributed by atoms with Gasteiger partial charge >= 0.3 is 0 Å². The van der Waals surface area contributed by atoms with Crippen molar-refractivity contribution in [2.45, 2.75) is 5.03 Å². The molecular weight excluding hydrogens is 386 g/mol. The molecular formula is C19H14F2N4O2S. The number of carbonyl (C=O) groups is 2. The van der Waals surface area contributed by atoms with Crippen molar-refractivity contribution in [3.63, 3.8) is 0 Å². The third-order valence-electron chi connectivity index (χ3n) is 3.47. The molecule has 0 aliphatic rings. The summed E-state index contributed by atoms with van der Waals surface area (Å²) in [6, 6.07) is 14.7. The van der Waals surface area contributed by atoms with Gasteiger partial charge in [-0.1, -0.05) is 30.0 Å². The molecule has 3 rings (SSSR count). The molecule has 0 radical (unpaired) electrons. The average Bonchev–Trinajstić information content (AvgIpc) is 2.70. The quantitative estimate of drug-likeness (QED) is 0.616. The van der Waals surface area contributed by atoms with Crippen LogP contribution < -0.4 is 10.6 Å². The van der Waals surface area contributed by atoms with E-state index in [1.54, 1.807) is 36.4 Å². The zero-order valence-electron chi connectivity index (χ0n) is 14.4. The molecule has 0 spiro atoms. The Bertz CT molecular complexity index is 985. The van der Waals surface area contributed by atoms with Crippen LogP contribution in [0, 0.1) is 11.6 Å². The highest BCUT2D eigenvalue weighted by Gasteiger charge is 2.10. The summed E-state index contributed by atoms with van der Waals surface area (Å²) in [5.74, 6) is -2.12. The largest absolute Gasteiger partial charge is 0.323 e. The SMILES string of the molecule is O=C(CSc1ccc(NC(=O)c2ccccc2)nn1)Nc1ccc(F)cc1F. The van der Waals surface area contributed by atoms with Gasteiger partial charge in [-0.3, -0.25) is 9.59 Å². The normalized spacial score (nSPS) is 10.4. The number of anilines is 2. The lowest BCUT2D eigenvalue weighted by Gasteiger charge is -2.06. The zero-order valence-corrected chi connectivity index (χ0v) is 15.2. The molecule has 0 bridgehead atoms. The molecule has 0 saturated heterocycles. The van der Waals surface area contributed by atoms with Crippen molar-refractivity contribution in [2.24, 2.45) is 0 Å². The number of hydrogen-bond acceptors (Lipinski definition) is 5. The maximum atomic E-state index is 13.5. The van der Waals surface area contributed by atoms with Crippen LogP contribution in [0.5, 0.6) is 0 Å². The number of nitrogens with zero attached hydrogens (tertiary/aromatic N) is 2. The van der Waals surface area contributed by atoms with Crippen LogP contribution in [-0.4, -0.2) is 27.8 Å². The third kappa shape index (κ3) is 5.34. The third-order valence-corrected chi connectivity index (χ3v) is 4.39. The predicted octanol–water partition coefficient (Wildman–Crippen LogP) is 3.74. The molecule has 2 amide bonds. The number of amides is 2. The Morgan fingerprint density at radius 1 is 0.929 bits per heavy atom. The summed E-state index contributed by atoms with van der Waals surface area (Å²) in [5.41, 5.74) is 0.393. The van der Waals surface area contributed by atoms with Gasteiger partial charge in [0, 0.05) is 11.6 Å². The van der Waals surface area contributed by atoms with Crippen LogP contribution in [0.2, 0.25) is 0 Å². The Kier molecular flexibility index (Phi) is 6.28. The number of thioether (sulfide) groups is 1. The van der Waals surface area contributed by atoms with Gasteiger partial charge in [-0.25, -0.2) is 8.78 Å². The van der Waals surface area contributed by atoms with Crippen LogP contribution in [0.3, 0.4) is 0 Å². The minimum Gasteiger partial charge on any atom is -0.323 e. The number of carbonyl (C=O) groups excluding carboxylic acids is 2. The summed E-state index contributed by atoms with van der Waals surface area (Å²) in [6.45, 7) is 0. The second kappa shape index (κ2) is 9.05. The minimum absolute atomic E-state index is 0.0405. The van der Waals surface area contributed by atoms with Gasteiger partial charge in [-0.2, -0.15) is 0 Å². The smallest absolute Gasteiger partial charge is 0.256 e. The Balaban J connectivity index is 1.51. The first-order valence-corrected chi connectivity index (χ1v) is 9.07. The number of nitrogens with one attached hydrogen (secondary N) is 2. The van der Waals surface area contributed by atoms with Crippen LogP contribution in [0.15, 0.2) is 65.7 Å². The highest BCUT2D eigenvalue weighted by molar-refractivity contribution is 7.99. The van der Waals surface area contributed by atoms with Crippen molar-refractivity contribution >= 4 is 35.1 Å². The molecule has 2 N–H and O–H groups in total. The lowest BCUT2D eigenvalue weighted by molar-refractivity contribution is -0.113. The van der Waals surface area contributed by atoms with E-state index in [1.807, 2.05) is 6.07 Å². The van der Waals surface area contributed by atoms with E-state index < -0.39 is 17.5 Å².